The molecule has 29 heavy (non-hydrogen) atoms. The van der Waals surface area contributed by atoms with Gasteiger partial charge in [0.05, 0.1) is 12.2 Å². The van der Waals surface area contributed by atoms with Crippen LogP contribution in [0, 0.1) is 6.92 Å². The molecule has 0 aliphatic carbocycles. The number of esters is 2. The number of fused-ring (bicyclic) bond motifs is 1. The van der Waals surface area contributed by atoms with E-state index in [4.69, 9.17) is 13.9 Å². The van der Waals surface area contributed by atoms with Crippen LogP contribution in [0.1, 0.15) is 39.0 Å². The first-order valence-corrected chi connectivity index (χ1v) is 9.17. The molecule has 0 fully saturated rings. The highest BCUT2D eigenvalue weighted by Gasteiger charge is 2.22. The van der Waals surface area contributed by atoms with E-state index in [1.807, 2.05) is 19.1 Å². The van der Waals surface area contributed by atoms with Gasteiger partial charge in [0.15, 0.2) is 0 Å². The summed E-state index contributed by atoms with van der Waals surface area (Å²) in [5.41, 5.74) is 2.41. The Balaban J connectivity index is 1.64. The molecule has 0 saturated heterocycles. The molecule has 1 heterocycles. The summed E-state index contributed by atoms with van der Waals surface area (Å²) in [5, 5.41) is 3.17. The molecule has 150 valence electrons. The monoisotopic (exact) mass is 395 g/mol. The topological polar surface area (TPSA) is 94.8 Å². The number of hydrogen-bond donors (Lipinski definition) is 1. The van der Waals surface area contributed by atoms with Gasteiger partial charge < -0.3 is 19.2 Å². The smallest absolute Gasteiger partial charge is 0.374 e. The lowest BCUT2D eigenvalue weighted by Crippen LogP contribution is -2.30. The van der Waals surface area contributed by atoms with E-state index in [9.17, 15) is 14.4 Å². The predicted molar refractivity (Wildman–Crippen MR) is 105 cm³/mol. The Labute approximate surface area is 167 Å². The number of aryl methyl sites for hydroxylation is 1. The Morgan fingerprint density at radius 3 is 2.45 bits per heavy atom. The SMILES string of the molecule is CCOC(=O)c1oc2ccccc2c1COC(=O)CNC(=O)c1ccc(C)cc1. The van der Waals surface area contributed by atoms with Gasteiger partial charge in [-0.2, -0.15) is 0 Å². The van der Waals surface area contributed by atoms with Crippen molar-refractivity contribution in [3.05, 3.63) is 71.0 Å². The average molecular weight is 395 g/mol. The molecule has 0 aliphatic heterocycles. The molecule has 0 atom stereocenters. The van der Waals surface area contributed by atoms with Gasteiger partial charge in [0.2, 0.25) is 5.76 Å². The van der Waals surface area contributed by atoms with Gasteiger partial charge in [-0.1, -0.05) is 35.9 Å². The largest absolute Gasteiger partial charge is 0.460 e. The van der Waals surface area contributed by atoms with Gasteiger partial charge in [-0.05, 0) is 32.0 Å². The van der Waals surface area contributed by atoms with Crippen molar-refractivity contribution in [2.24, 2.45) is 0 Å². The number of para-hydroxylation sites is 1. The summed E-state index contributed by atoms with van der Waals surface area (Å²) in [6, 6.07) is 14.0. The number of ether oxygens (including phenoxy) is 2. The zero-order valence-corrected chi connectivity index (χ0v) is 16.2. The predicted octanol–water partition coefficient (Wildman–Crippen LogP) is 3.39. The number of amides is 1. The molecule has 2 aromatic carbocycles. The second kappa shape index (κ2) is 9.05. The van der Waals surface area contributed by atoms with Gasteiger partial charge in [-0.15, -0.1) is 0 Å². The van der Waals surface area contributed by atoms with Gasteiger partial charge >= 0.3 is 11.9 Å². The molecule has 1 aromatic heterocycles. The van der Waals surface area contributed by atoms with Crippen molar-refractivity contribution in [1.82, 2.24) is 5.32 Å². The number of carbonyl (C=O) groups excluding carboxylic acids is 3. The van der Waals surface area contributed by atoms with Crippen LogP contribution in [0.4, 0.5) is 0 Å². The Hall–Kier alpha value is -3.61. The van der Waals surface area contributed by atoms with E-state index in [1.165, 1.54) is 0 Å². The lowest BCUT2D eigenvalue weighted by molar-refractivity contribution is -0.143. The first kappa shape index (κ1) is 20.1. The van der Waals surface area contributed by atoms with Crippen molar-refractivity contribution < 1.29 is 28.3 Å². The van der Waals surface area contributed by atoms with Gasteiger partial charge in [-0.3, -0.25) is 9.59 Å². The Morgan fingerprint density at radius 1 is 1.00 bits per heavy atom. The van der Waals surface area contributed by atoms with E-state index in [1.54, 1.807) is 43.3 Å². The molecule has 0 unspecified atom stereocenters. The second-order valence-corrected chi connectivity index (χ2v) is 6.34. The summed E-state index contributed by atoms with van der Waals surface area (Å²) in [6.07, 6.45) is 0. The molecule has 7 heteroatoms. The second-order valence-electron chi connectivity index (χ2n) is 6.34. The fourth-order valence-electron chi connectivity index (χ4n) is 2.77. The summed E-state index contributed by atoms with van der Waals surface area (Å²) in [4.78, 5) is 36.3. The molecule has 0 saturated carbocycles. The first-order chi connectivity index (χ1) is 14.0. The highest BCUT2D eigenvalue weighted by Crippen LogP contribution is 2.27. The van der Waals surface area contributed by atoms with E-state index in [-0.39, 0.29) is 31.4 Å². The molecule has 7 nitrogen and oxygen atoms in total. The molecule has 3 rings (SSSR count). The third-order valence-corrected chi connectivity index (χ3v) is 4.24. The zero-order valence-electron chi connectivity index (χ0n) is 16.2. The van der Waals surface area contributed by atoms with Crippen LogP contribution >= 0.6 is 0 Å². The molecule has 0 spiro atoms. The van der Waals surface area contributed by atoms with E-state index in [2.05, 4.69) is 5.32 Å². The van der Waals surface area contributed by atoms with Crippen LogP contribution in [-0.2, 0) is 20.9 Å². The maximum Gasteiger partial charge on any atom is 0.374 e. The zero-order chi connectivity index (χ0) is 20.8. The first-order valence-electron chi connectivity index (χ1n) is 9.17. The molecule has 0 bridgehead atoms. The van der Waals surface area contributed by atoms with Crippen molar-refractivity contribution in [1.29, 1.82) is 0 Å². The minimum absolute atomic E-state index is 0.00420. The number of benzene rings is 2. The number of furan rings is 1. The van der Waals surface area contributed by atoms with Crippen molar-refractivity contribution in [3.63, 3.8) is 0 Å². The minimum atomic E-state index is -0.634. The standard InChI is InChI=1S/C22H21NO6/c1-3-27-22(26)20-17(16-6-4-5-7-18(16)29-20)13-28-19(24)12-23-21(25)15-10-8-14(2)9-11-15/h4-11H,3,12-13H2,1-2H3,(H,23,25). The van der Waals surface area contributed by atoms with Gasteiger partial charge in [-0.25, -0.2) is 4.79 Å². The van der Waals surface area contributed by atoms with Crippen LogP contribution < -0.4 is 5.32 Å². The number of carbonyl (C=O) groups is 3. The third-order valence-electron chi connectivity index (χ3n) is 4.24. The van der Waals surface area contributed by atoms with Crippen molar-refractivity contribution in [2.45, 2.75) is 20.5 Å². The summed E-state index contributed by atoms with van der Waals surface area (Å²) in [7, 11) is 0. The molecule has 1 amide bonds. The lowest BCUT2D eigenvalue weighted by Gasteiger charge is -2.07. The summed E-state index contributed by atoms with van der Waals surface area (Å²) < 4.78 is 15.8. The minimum Gasteiger partial charge on any atom is -0.460 e. The third kappa shape index (κ3) is 4.82. The van der Waals surface area contributed by atoms with E-state index in [0.29, 0.717) is 22.1 Å². The number of hydrogen-bond acceptors (Lipinski definition) is 6. The van der Waals surface area contributed by atoms with Crippen LogP contribution in [0.25, 0.3) is 11.0 Å². The fraction of sp³-hybridized carbons (Fsp3) is 0.227. The molecule has 1 N–H and O–H groups in total. The Kier molecular flexibility index (Phi) is 6.29. The highest BCUT2D eigenvalue weighted by atomic mass is 16.5. The maximum absolute atomic E-state index is 12.2. The van der Waals surface area contributed by atoms with Crippen molar-refractivity contribution >= 4 is 28.8 Å². The quantitative estimate of drug-likeness (QED) is 0.616. The van der Waals surface area contributed by atoms with Gasteiger partial charge in [0, 0.05) is 10.9 Å². The van der Waals surface area contributed by atoms with Gasteiger partial charge in [0.1, 0.15) is 18.7 Å². The van der Waals surface area contributed by atoms with Crippen LogP contribution in [0.5, 0.6) is 0 Å². The van der Waals surface area contributed by atoms with Crippen molar-refractivity contribution in [3.8, 4) is 0 Å². The fourth-order valence-corrected chi connectivity index (χ4v) is 2.77. The van der Waals surface area contributed by atoms with Crippen LogP contribution in [-0.4, -0.2) is 31.0 Å². The lowest BCUT2D eigenvalue weighted by atomic mass is 10.1. The van der Waals surface area contributed by atoms with E-state index < -0.39 is 11.9 Å². The molecule has 0 radical (unpaired) electrons. The van der Waals surface area contributed by atoms with Crippen LogP contribution in [0.2, 0.25) is 0 Å². The molecular weight excluding hydrogens is 374 g/mol. The molecule has 0 aliphatic rings. The number of rotatable bonds is 7. The van der Waals surface area contributed by atoms with Gasteiger partial charge in [0.25, 0.3) is 5.91 Å². The average Bonchev–Trinajstić information content (AvgIpc) is 3.10. The molecular formula is C22H21NO6. The van der Waals surface area contributed by atoms with Crippen molar-refractivity contribution in [2.75, 3.05) is 13.2 Å². The normalized spacial score (nSPS) is 10.6. The van der Waals surface area contributed by atoms with Crippen LogP contribution in [0.15, 0.2) is 52.9 Å². The summed E-state index contributed by atoms with van der Waals surface area (Å²) >= 11 is 0. The Morgan fingerprint density at radius 2 is 1.72 bits per heavy atom. The number of nitrogens with one attached hydrogen (secondary N) is 1. The summed E-state index contributed by atoms with van der Waals surface area (Å²) in [6.45, 7) is 3.34. The molecule has 3 aromatic rings. The van der Waals surface area contributed by atoms with Crippen LogP contribution in [0.3, 0.4) is 0 Å². The van der Waals surface area contributed by atoms with E-state index in [0.717, 1.165) is 5.56 Å². The Bertz CT molecular complexity index is 1040. The highest BCUT2D eigenvalue weighted by molar-refractivity contribution is 5.97. The van der Waals surface area contributed by atoms with E-state index >= 15 is 0 Å². The maximum atomic E-state index is 12.2. The summed E-state index contributed by atoms with van der Waals surface area (Å²) in [5.74, 6) is -1.62.